The molecule has 39 heavy (non-hydrogen) atoms. The van der Waals surface area contributed by atoms with Gasteiger partial charge in [-0.1, -0.05) is 54.2 Å². The Labute approximate surface area is 233 Å². The summed E-state index contributed by atoms with van der Waals surface area (Å²) in [6.07, 6.45) is -0.0756. The van der Waals surface area contributed by atoms with Gasteiger partial charge in [-0.15, -0.1) is 0 Å². The Bertz CT molecular complexity index is 1310. The molecule has 0 aromatic heterocycles. The molecule has 0 saturated carbocycles. The second-order valence-corrected chi connectivity index (χ2v) is 10.7. The lowest BCUT2D eigenvalue weighted by Crippen LogP contribution is -2.42. The molecule has 9 heteroatoms. The van der Waals surface area contributed by atoms with Crippen molar-refractivity contribution in [3.05, 3.63) is 88.1 Å². The van der Waals surface area contributed by atoms with Gasteiger partial charge in [-0.25, -0.2) is 9.79 Å². The Hall–Kier alpha value is -3.56. The lowest BCUT2D eigenvalue weighted by atomic mass is 9.93. The molecule has 0 unspecified atom stereocenters. The third-order valence-corrected chi connectivity index (χ3v) is 7.57. The number of hydrogen-bond donors (Lipinski definition) is 0. The fourth-order valence-corrected chi connectivity index (χ4v) is 5.78. The zero-order valence-electron chi connectivity index (χ0n) is 22.5. The number of carbonyl (C=O) groups is 2. The van der Waals surface area contributed by atoms with E-state index in [-0.39, 0.29) is 18.4 Å². The lowest BCUT2D eigenvalue weighted by Gasteiger charge is -2.37. The average molecular weight is 548 g/mol. The summed E-state index contributed by atoms with van der Waals surface area (Å²) in [6.45, 7) is 8.17. The summed E-state index contributed by atoms with van der Waals surface area (Å²) < 4.78 is 17.2. The molecule has 3 heterocycles. The van der Waals surface area contributed by atoms with Crippen LogP contribution < -0.4 is 4.74 Å². The molecule has 3 aliphatic rings. The SMILES string of the molecule is CC1=C(C(=O)OC(C)C)[C@H](c2cccc(OCc3ccccc3)c2)N2C(CC(=O)N3CCOCC3)=CSC2=N1. The van der Waals surface area contributed by atoms with E-state index in [0.717, 1.165) is 22.0 Å². The summed E-state index contributed by atoms with van der Waals surface area (Å²) in [4.78, 5) is 35.2. The number of esters is 1. The summed E-state index contributed by atoms with van der Waals surface area (Å²) in [5, 5.41) is 2.70. The summed E-state index contributed by atoms with van der Waals surface area (Å²) in [7, 11) is 0. The number of benzene rings is 2. The zero-order valence-corrected chi connectivity index (χ0v) is 23.3. The summed E-state index contributed by atoms with van der Waals surface area (Å²) in [6, 6.07) is 17.2. The number of thioether (sulfide) groups is 1. The fourth-order valence-electron chi connectivity index (χ4n) is 4.82. The fraction of sp³-hybridized carbons (Fsp3) is 0.367. The first-order chi connectivity index (χ1) is 18.9. The number of amides is 1. The van der Waals surface area contributed by atoms with Gasteiger partial charge in [0.1, 0.15) is 12.4 Å². The van der Waals surface area contributed by atoms with Crippen LogP contribution in [0, 0.1) is 0 Å². The number of morpholine rings is 1. The van der Waals surface area contributed by atoms with Crippen molar-refractivity contribution in [1.82, 2.24) is 9.80 Å². The number of amidine groups is 1. The molecular formula is C30H33N3O5S. The monoisotopic (exact) mass is 547 g/mol. The molecule has 0 aliphatic carbocycles. The number of nitrogens with zero attached hydrogens (tertiary/aromatic N) is 3. The van der Waals surface area contributed by atoms with E-state index >= 15 is 0 Å². The number of ether oxygens (including phenoxy) is 3. The molecule has 3 aliphatic heterocycles. The van der Waals surface area contributed by atoms with E-state index in [1.165, 1.54) is 11.8 Å². The van der Waals surface area contributed by atoms with E-state index in [1.54, 1.807) is 0 Å². The number of carbonyl (C=O) groups excluding carboxylic acids is 2. The Kier molecular flexibility index (Phi) is 8.38. The highest BCUT2D eigenvalue weighted by Gasteiger charge is 2.41. The van der Waals surface area contributed by atoms with Crippen molar-refractivity contribution in [3.63, 3.8) is 0 Å². The topological polar surface area (TPSA) is 80.7 Å². The first-order valence-electron chi connectivity index (χ1n) is 13.2. The van der Waals surface area contributed by atoms with Crippen molar-refractivity contribution >= 4 is 28.8 Å². The van der Waals surface area contributed by atoms with Crippen LogP contribution in [0.25, 0.3) is 0 Å². The minimum absolute atomic E-state index is 0.0303. The molecule has 0 N–H and O–H groups in total. The molecule has 0 spiro atoms. The van der Waals surface area contributed by atoms with Crippen molar-refractivity contribution in [2.75, 3.05) is 26.3 Å². The van der Waals surface area contributed by atoms with E-state index < -0.39 is 12.0 Å². The molecule has 1 atom stereocenters. The number of aliphatic imine (C=N–C) groups is 1. The Morgan fingerprint density at radius 1 is 1.10 bits per heavy atom. The summed E-state index contributed by atoms with van der Waals surface area (Å²) in [5.74, 6) is 0.306. The highest BCUT2D eigenvalue weighted by Crippen LogP contribution is 2.45. The Morgan fingerprint density at radius 3 is 2.62 bits per heavy atom. The molecule has 8 nitrogen and oxygen atoms in total. The number of fused-ring (bicyclic) bond motifs is 1. The predicted molar refractivity (Wildman–Crippen MR) is 151 cm³/mol. The molecule has 204 valence electrons. The molecule has 1 fully saturated rings. The molecule has 0 bridgehead atoms. The summed E-state index contributed by atoms with van der Waals surface area (Å²) in [5.41, 5.74) is 3.79. The molecule has 1 amide bonds. The molecular weight excluding hydrogens is 514 g/mol. The van der Waals surface area contributed by atoms with Gasteiger partial charge in [0.05, 0.1) is 43.1 Å². The molecule has 5 rings (SSSR count). The second-order valence-electron chi connectivity index (χ2n) is 9.86. The van der Waals surface area contributed by atoms with Gasteiger partial charge in [-0.2, -0.15) is 0 Å². The van der Waals surface area contributed by atoms with Crippen molar-refractivity contribution in [3.8, 4) is 5.75 Å². The predicted octanol–water partition coefficient (Wildman–Crippen LogP) is 5.04. The zero-order chi connectivity index (χ0) is 27.4. The van der Waals surface area contributed by atoms with Gasteiger partial charge in [0.15, 0.2) is 5.17 Å². The molecule has 0 radical (unpaired) electrons. The minimum Gasteiger partial charge on any atom is -0.489 e. The quantitative estimate of drug-likeness (QED) is 0.428. The van der Waals surface area contributed by atoms with Gasteiger partial charge in [0.25, 0.3) is 0 Å². The molecule has 1 saturated heterocycles. The maximum absolute atomic E-state index is 13.4. The van der Waals surface area contributed by atoms with Crippen LogP contribution in [-0.2, 0) is 25.7 Å². The largest absolute Gasteiger partial charge is 0.489 e. The standard InChI is InChI=1S/C30H33N3O5S/c1-20(2)38-29(35)27-21(3)31-30-33(24(19-39-30)17-26(34)32-12-14-36-15-13-32)28(27)23-10-7-11-25(16-23)37-18-22-8-5-4-6-9-22/h4-11,16,19-20,28H,12-15,17-18H2,1-3H3/t28-/m0/s1. The number of rotatable bonds is 8. The Morgan fingerprint density at radius 2 is 1.87 bits per heavy atom. The van der Waals surface area contributed by atoms with Gasteiger partial charge < -0.3 is 24.0 Å². The van der Waals surface area contributed by atoms with Crippen LogP contribution in [-0.4, -0.2) is 59.3 Å². The van der Waals surface area contributed by atoms with Gasteiger partial charge in [0, 0.05) is 18.8 Å². The third-order valence-electron chi connectivity index (χ3n) is 6.68. The third kappa shape index (κ3) is 6.20. The number of hydrogen-bond acceptors (Lipinski definition) is 8. The first kappa shape index (κ1) is 27.0. The highest BCUT2D eigenvalue weighted by molar-refractivity contribution is 8.16. The van der Waals surface area contributed by atoms with Crippen LogP contribution in [0.1, 0.15) is 44.4 Å². The van der Waals surface area contributed by atoms with Crippen molar-refractivity contribution in [1.29, 1.82) is 0 Å². The smallest absolute Gasteiger partial charge is 0.338 e. The molecule has 2 aromatic carbocycles. The van der Waals surface area contributed by atoms with E-state index in [2.05, 4.69) is 0 Å². The number of allylic oxidation sites excluding steroid dienone is 1. The van der Waals surface area contributed by atoms with Crippen molar-refractivity contribution in [2.45, 2.75) is 45.9 Å². The van der Waals surface area contributed by atoms with E-state index in [1.807, 2.05) is 90.6 Å². The normalized spacial score (nSPS) is 19.0. The lowest BCUT2D eigenvalue weighted by molar-refractivity contribution is -0.143. The molecule has 2 aromatic rings. The van der Waals surface area contributed by atoms with E-state index in [9.17, 15) is 9.59 Å². The van der Waals surface area contributed by atoms with Crippen LogP contribution in [0.2, 0.25) is 0 Å². The second kappa shape index (κ2) is 12.1. The van der Waals surface area contributed by atoms with Gasteiger partial charge in [-0.05, 0) is 49.4 Å². The van der Waals surface area contributed by atoms with Crippen LogP contribution in [0.4, 0.5) is 0 Å². The highest BCUT2D eigenvalue weighted by atomic mass is 32.2. The maximum Gasteiger partial charge on any atom is 0.338 e. The van der Waals surface area contributed by atoms with Gasteiger partial charge >= 0.3 is 5.97 Å². The van der Waals surface area contributed by atoms with Crippen LogP contribution in [0.3, 0.4) is 0 Å². The van der Waals surface area contributed by atoms with Gasteiger partial charge in [-0.3, -0.25) is 4.79 Å². The van der Waals surface area contributed by atoms with E-state index in [0.29, 0.717) is 49.9 Å². The Balaban J connectivity index is 1.47. The van der Waals surface area contributed by atoms with Crippen LogP contribution in [0.5, 0.6) is 5.75 Å². The van der Waals surface area contributed by atoms with Crippen LogP contribution in [0.15, 0.2) is 82.0 Å². The van der Waals surface area contributed by atoms with E-state index in [4.69, 9.17) is 19.2 Å². The average Bonchev–Trinajstić information content (AvgIpc) is 3.33. The van der Waals surface area contributed by atoms with Gasteiger partial charge in [0.2, 0.25) is 5.91 Å². The minimum atomic E-state index is -0.511. The maximum atomic E-state index is 13.4. The first-order valence-corrected chi connectivity index (χ1v) is 14.1. The summed E-state index contributed by atoms with van der Waals surface area (Å²) >= 11 is 1.47. The van der Waals surface area contributed by atoms with Crippen LogP contribution >= 0.6 is 11.8 Å². The van der Waals surface area contributed by atoms with Crippen molar-refractivity contribution in [2.24, 2.45) is 4.99 Å². The van der Waals surface area contributed by atoms with Crippen molar-refractivity contribution < 1.29 is 23.8 Å².